The number of imidazole rings is 1. The van der Waals surface area contributed by atoms with E-state index in [0.717, 1.165) is 5.82 Å². The fourth-order valence-electron chi connectivity index (χ4n) is 2.01. The Bertz CT molecular complexity index is 413. The van der Waals surface area contributed by atoms with E-state index in [2.05, 4.69) is 24.1 Å². The van der Waals surface area contributed by atoms with Crippen LogP contribution in [-0.4, -0.2) is 33.2 Å². The number of aromatic nitrogens is 2. The van der Waals surface area contributed by atoms with Gasteiger partial charge in [0.15, 0.2) is 0 Å². The summed E-state index contributed by atoms with van der Waals surface area (Å²) in [7, 11) is 0. The minimum absolute atomic E-state index is 0.0179. The maximum Gasteiger partial charge on any atom is 0.221 e. The molecule has 0 aliphatic carbocycles. The summed E-state index contributed by atoms with van der Waals surface area (Å²) in [6.45, 7) is 9.29. The minimum Gasteiger partial charge on any atom is -0.393 e. The molecule has 20 heavy (non-hydrogen) atoms. The molecule has 1 amide bonds. The summed E-state index contributed by atoms with van der Waals surface area (Å²) < 4.78 is 2.02. The first-order valence-electron chi connectivity index (χ1n) is 7.37. The number of hydrogen-bond donors (Lipinski definition) is 2. The van der Waals surface area contributed by atoms with Gasteiger partial charge in [-0.2, -0.15) is 0 Å². The Morgan fingerprint density at radius 3 is 2.70 bits per heavy atom. The van der Waals surface area contributed by atoms with Crippen molar-refractivity contribution >= 4 is 5.91 Å². The second-order valence-electron chi connectivity index (χ2n) is 5.83. The van der Waals surface area contributed by atoms with Crippen molar-refractivity contribution in [3.8, 4) is 0 Å². The maximum atomic E-state index is 11.7. The van der Waals surface area contributed by atoms with Crippen LogP contribution >= 0.6 is 0 Å². The normalized spacial score (nSPS) is 12.9. The molecular formula is C15H27N3O2. The van der Waals surface area contributed by atoms with Crippen LogP contribution in [0.5, 0.6) is 0 Å². The lowest BCUT2D eigenvalue weighted by molar-refractivity contribution is -0.121. The van der Waals surface area contributed by atoms with Gasteiger partial charge in [-0.15, -0.1) is 0 Å². The summed E-state index contributed by atoms with van der Waals surface area (Å²) in [6.07, 6.45) is 4.37. The van der Waals surface area contributed by atoms with Crippen LogP contribution in [0.1, 0.15) is 52.3 Å². The second kappa shape index (κ2) is 8.04. The van der Waals surface area contributed by atoms with E-state index in [1.807, 2.05) is 24.6 Å². The molecule has 1 aromatic rings. The predicted molar refractivity (Wildman–Crippen MR) is 79.4 cm³/mol. The number of carbonyl (C=O) groups excluding carboxylic acids is 1. The molecule has 0 aromatic carbocycles. The fourth-order valence-corrected chi connectivity index (χ4v) is 2.01. The van der Waals surface area contributed by atoms with E-state index in [0.29, 0.717) is 31.8 Å². The van der Waals surface area contributed by atoms with Crippen molar-refractivity contribution in [2.75, 3.05) is 6.54 Å². The molecule has 0 saturated heterocycles. The van der Waals surface area contributed by atoms with Gasteiger partial charge >= 0.3 is 0 Å². The molecule has 1 heterocycles. The van der Waals surface area contributed by atoms with Crippen molar-refractivity contribution in [3.05, 3.63) is 18.2 Å². The summed E-state index contributed by atoms with van der Waals surface area (Å²) in [5.74, 6) is 1.61. The smallest absolute Gasteiger partial charge is 0.221 e. The van der Waals surface area contributed by atoms with Crippen molar-refractivity contribution in [1.29, 1.82) is 0 Å². The molecule has 1 atom stereocenters. The molecule has 2 N–H and O–H groups in total. The Hall–Kier alpha value is -1.36. The van der Waals surface area contributed by atoms with Gasteiger partial charge in [0.05, 0.1) is 6.10 Å². The molecule has 0 spiro atoms. The number of amides is 1. The van der Waals surface area contributed by atoms with Gasteiger partial charge in [-0.3, -0.25) is 4.79 Å². The standard InChI is InChI=1S/C15H27N3O2/c1-11(2)13(19)5-7-16-14(20)6-9-18-10-8-17-15(18)12(3)4/h8,10-13,19H,5-7,9H2,1-4H3,(H,16,20). The SMILES string of the molecule is CC(C)c1nccn1CCC(=O)NCCC(O)C(C)C. The van der Waals surface area contributed by atoms with Gasteiger partial charge in [0.25, 0.3) is 0 Å². The van der Waals surface area contributed by atoms with Gasteiger partial charge in [0, 0.05) is 37.8 Å². The van der Waals surface area contributed by atoms with Crippen LogP contribution in [0.15, 0.2) is 12.4 Å². The summed E-state index contributed by atoms with van der Waals surface area (Å²) in [4.78, 5) is 16.0. The van der Waals surface area contributed by atoms with Crippen molar-refractivity contribution in [3.63, 3.8) is 0 Å². The highest BCUT2D eigenvalue weighted by molar-refractivity contribution is 5.75. The third-order valence-corrected chi connectivity index (χ3v) is 3.38. The van der Waals surface area contributed by atoms with Crippen LogP contribution in [0.3, 0.4) is 0 Å². The Kier molecular flexibility index (Phi) is 6.71. The zero-order chi connectivity index (χ0) is 15.1. The molecular weight excluding hydrogens is 254 g/mol. The molecule has 114 valence electrons. The number of aliphatic hydroxyl groups is 1. The van der Waals surface area contributed by atoms with Gasteiger partial charge in [0.2, 0.25) is 5.91 Å². The number of aliphatic hydroxyl groups excluding tert-OH is 1. The first-order chi connectivity index (χ1) is 9.41. The largest absolute Gasteiger partial charge is 0.393 e. The van der Waals surface area contributed by atoms with Gasteiger partial charge in [-0.1, -0.05) is 27.7 Å². The number of hydrogen-bond acceptors (Lipinski definition) is 3. The highest BCUT2D eigenvalue weighted by atomic mass is 16.3. The van der Waals surface area contributed by atoms with Gasteiger partial charge in [0.1, 0.15) is 5.82 Å². The highest BCUT2D eigenvalue weighted by Crippen LogP contribution is 2.12. The Balaban J connectivity index is 2.28. The quantitative estimate of drug-likeness (QED) is 0.765. The van der Waals surface area contributed by atoms with E-state index in [-0.39, 0.29) is 17.9 Å². The molecule has 0 fully saturated rings. The predicted octanol–water partition coefficient (Wildman–Crippen LogP) is 1.92. The Labute approximate surface area is 121 Å². The Morgan fingerprint density at radius 2 is 2.10 bits per heavy atom. The average molecular weight is 281 g/mol. The third kappa shape index (κ3) is 5.33. The zero-order valence-corrected chi connectivity index (χ0v) is 13.0. The van der Waals surface area contributed by atoms with E-state index in [1.165, 1.54) is 0 Å². The number of nitrogens with zero attached hydrogens (tertiary/aromatic N) is 2. The lowest BCUT2D eigenvalue weighted by Crippen LogP contribution is -2.29. The molecule has 1 aromatic heterocycles. The fraction of sp³-hybridized carbons (Fsp3) is 0.733. The van der Waals surface area contributed by atoms with Crippen LogP contribution < -0.4 is 5.32 Å². The van der Waals surface area contributed by atoms with E-state index in [9.17, 15) is 9.90 Å². The molecule has 5 nitrogen and oxygen atoms in total. The lowest BCUT2D eigenvalue weighted by atomic mass is 10.0. The molecule has 0 aliphatic rings. The first kappa shape index (κ1) is 16.7. The van der Waals surface area contributed by atoms with Crippen LogP contribution in [0.25, 0.3) is 0 Å². The monoisotopic (exact) mass is 281 g/mol. The van der Waals surface area contributed by atoms with Crippen LogP contribution in [0.4, 0.5) is 0 Å². The maximum absolute atomic E-state index is 11.7. The van der Waals surface area contributed by atoms with Crippen molar-refractivity contribution in [1.82, 2.24) is 14.9 Å². The topological polar surface area (TPSA) is 67.2 Å². The summed E-state index contributed by atoms with van der Waals surface area (Å²) in [6, 6.07) is 0. The summed E-state index contributed by atoms with van der Waals surface area (Å²) in [5, 5.41) is 12.5. The first-order valence-corrected chi connectivity index (χ1v) is 7.37. The highest BCUT2D eigenvalue weighted by Gasteiger charge is 2.11. The van der Waals surface area contributed by atoms with E-state index < -0.39 is 0 Å². The van der Waals surface area contributed by atoms with E-state index >= 15 is 0 Å². The molecule has 0 bridgehead atoms. The number of rotatable bonds is 8. The number of carbonyl (C=O) groups is 1. The third-order valence-electron chi connectivity index (χ3n) is 3.38. The van der Waals surface area contributed by atoms with Gasteiger partial charge < -0.3 is 15.0 Å². The number of nitrogens with one attached hydrogen (secondary N) is 1. The molecule has 0 radical (unpaired) electrons. The van der Waals surface area contributed by atoms with Crippen LogP contribution in [-0.2, 0) is 11.3 Å². The molecule has 1 rings (SSSR count). The molecule has 5 heteroatoms. The summed E-state index contributed by atoms with van der Waals surface area (Å²) >= 11 is 0. The molecule has 0 aliphatic heterocycles. The Morgan fingerprint density at radius 1 is 1.40 bits per heavy atom. The zero-order valence-electron chi connectivity index (χ0n) is 13.0. The molecule has 0 saturated carbocycles. The average Bonchev–Trinajstić information content (AvgIpc) is 2.84. The van der Waals surface area contributed by atoms with Crippen molar-refractivity contribution in [2.24, 2.45) is 5.92 Å². The van der Waals surface area contributed by atoms with Crippen molar-refractivity contribution < 1.29 is 9.90 Å². The van der Waals surface area contributed by atoms with Gasteiger partial charge in [-0.25, -0.2) is 4.98 Å². The summed E-state index contributed by atoms with van der Waals surface area (Å²) in [5.41, 5.74) is 0. The molecule has 1 unspecified atom stereocenters. The van der Waals surface area contributed by atoms with E-state index in [1.54, 1.807) is 6.20 Å². The van der Waals surface area contributed by atoms with Crippen LogP contribution in [0, 0.1) is 5.92 Å². The van der Waals surface area contributed by atoms with Gasteiger partial charge in [-0.05, 0) is 12.3 Å². The second-order valence-corrected chi connectivity index (χ2v) is 5.83. The van der Waals surface area contributed by atoms with Crippen molar-refractivity contribution in [2.45, 2.75) is 59.1 Å². The van der Waals surface area contributed by atoms with Crippen LogP contribution in [0.2, 0.25) is 0 Å². The number of aryl methyl sites for hydroxylation is 1. The minimum atomic E-state index is -0.350. The lowest BCUT2D eigenvalue weighted by Gasteiger charge is -2.14. The van der Waals surface area contributed by atoms with E-state index in [4.69, 9.17) is 0 Å².